The van der Waals surface area contributed by atoms with Crippen LogP contribution in [0.3, 0.4) is 0 Å². The molecule has 2 aromatic heterocycles. The van der Waals surface area contributed by atoms with Crippen molar-refractivity contribution >= 4 is 75.8 Å². The first kappa shape index (κ1) is 24.4. The third-order valence-electron chi connectivity index (χ3n) is 9.33. The zero-order chi connectivity index (χ0) is 29.5. The highest BCUT2D eigenvalue weighted by Crippen LogP contribution is 2.40. The number of hydrogen-bond acceptors (Lipinski definition) is 2. The van der Waals surface area contributed by atoms with Crippen molar-refractivity contribution in [1.82, 2.24) is 14.5 Å². The van der Waals surface area contributed by atoms with E-state index in [9.17, 15) is 0 Å². The van der Waals surface area contributed by atoms with Crippen LogP contribution in [-0.4, -0.2) is 14.5 Å². The Kier molecular flexibility index (Phi) is 5.00. The summed E-state index contributed by atoms with van der Waals surface area (Å²) in [5.41, 5.74) is 5.20. The van der Waals surface area contributed by atoms with Crippen molar-refractivity contribution in [2.45, 2.75) is 0 Å². The lowest BCUT2D eigenvalue weighted by Gasteiger charge is -2.15. The van der Waals surface area contributed by atoms with Crippen molar-refractivity contribution in [3.05, 3.63) is 152 Å². The van der Waals surface area contributed by atoms with Crippen molar-refractivity contribution in [1.29, 1.82) is 0 Å². The smallest absolute Gasteiger partial charge is 0.235 e. The lowest BCUT2D eigenvalue weighted by Crippen LogP contribution is -2.04. The number of para-hydroxylation sites is 1. The third kappa shape index (κ3) is 3.52. The summed E-state index contributed by atoms with van der Waals surface area (Å²) in [7, 11) is 0. The molecule has 3 heteroatoms. The highest BCUT2D eigenvalue weighted by atomic mass is 15.2. The summed E-state index contributed by atoms with van der Waals surface area (Å²) in [5, 5.41) is 13.1. The molecule has 208 valence electrons. The van der Waals surface area contributed by atoms with Crippen LogP contribution in [0.2, 0.25) is 0 Å². The second-order valence-corrected chi connectivity index (χ2v) is 11.8. The predicted octanol–water partition coefficient (Wildman–Crippen LogP) is 11.0. The van der Waals surface area contributed by atoms with Gasteiger partial charge >= 0.3 is 0 Å². The Morgan fingerprint density at radius 1 is 0.378 bits per heavy atom. The van der Waals surface area contributed by atoms with Crippen molar-refractivity contribution in [3.63, 3.8) is 0 Å². The maximum absolute atomic E-state index is 5.51. The molecule has 0 radical (unpaired) electrons. The fourth-order valence-corrected chi connectivity index (χ4v) is 7.29. The van der Waals surface area contributed by atoms with E-state index >= 15 is 0 Å². The van der Waals surface area contributed by atoms with Gasteiger partial charge in [0.05, 0.1) is 22.2 Å². The minimum atomic E-state index is 0.674. The summed E-state index contributed by atoms with van der Waals surface area (Å²) in [4.78, 5) is 10.8. The maximum Gasteiger partial charge on any atom is 0.235 e. The molecule has 0 aliphatic rings. The standard InChI is InChI=1S/C42H25N3/c1-2-13-28-25-39-36(23-27(28)12-1)34-22-21-26-11-3-6-16-31(26)41(34)45(39)42-43-38-20-10-9-19-35(38)40(44-42)37-24-29-14-4-5-15-30(29)32-17-7-8-18-33(32)37/h1-25H. The quantitative estimate of drug-likeness (QED) is 0.193. The van der Waals surface area contributed by atoms with Gasteiger partial charge in [-0.1, -0.05) is 127 Å². The maximum atomic E-state index is 5.51. The van der Waals surface area contributed by atoms with Crippen molar-refractivity contribution in [3.8, 4) is 17.2 Å². The number of benzene rings is 8. The van der Waals surface area contributed by atoms with E-state index in [4.69, 9.17) is 9.97 Å². The zero-order valence-corrected chi connectivity index (χ0v) is 24.3. The van der Waals surface area contributed by atoms with Crippen molar-refractivity contribution in [2.24, 2.45) is 0 Å². The Bertz CT molecular complexity index is 2820. The van der Waals surface area contributed by atoms with Gasteiger partial charge in [0.15, 0.2) is 0 Å². The minimum absolute atomic E-state index is 0.674. The topological polar surface area (TPSA) is 30.7 Å². The van der Waals surface area contributed by atoms with Gasteiger partial charge in [0.2, 0.25) is 5.95 Å². The Hall–Kier alpha value is -6.06. The molecule has 0 saturated heterocycles. The van der Waals surface area contributed by atoms with Crippen LogP contribution in [0, 0.1) is 0 Å². The SMILES string of the molecule is c1ccc2cc3c(cc2c1)c1ccc2ccccc2c1n3-c1nc(-c2cc3ccccc3c3ccccc23)c2ccccc2n1. The van der Waals surface area contributed by atoms with Crippen molar-refractivity contribution in [2.75, 3.05) is 0 Å². The molecule has 10 aromatic rings. The molecule has 10 rings (SSSR count). The van der Waals surface area contributed by atoms with E-state index < -0.39 is 0 Å². The van der Waals surface area contributed by atoms with E-state index in [1.165, 1.54) is 53.9 Å². The van der Waals surface area contributed by atoms with Gasteiger partial charge in [-0.15, -0.1) is 0 Å². The molecule has 0 spiro atoms. The normalized spacial score (nSPS) is 12.0. The molecule has 45 heavy (non-hydrogen) atoms. The van der Waals surface area contributed by atoms with Crippen LogP contribution in [0.15, 0.2) is 152 Å². The number of nitrogens with zero attached hydrogens (tertiary/aromatic N) is 3. The number of hydrogen-bond donors (Lipinski definition) is 0. The highest BCUT2D eigenvalue weighted by Gasteiger charge is 2.20. The monoisotopic (exact) mass is 571 g/mol. The van der Waals surface area contributed by atoms with Crippen LogP contribution in [0.5, 0.6) is 0 Å². The molecule has 0 amide bonds. The summed E-state index contributed by atoms with van der Waals surface area (Å²) in [6, 6.07) is 54.3. The molecule has 3 nitrogen and oxygen atoms in total. The average Bonchev–Trinajstić information content (AvgIpc) is 3.43. The van der Waals surface area contributed by atoms with Crippen LogP contribution in [0.4, 0.5) is 0 Å². The lowest BCUT2D eigenvalue weighted by atomic mass is 9.94. The molecule has 0 aliphatic carbocycles. The van der Waals surface area contributed by atoms with Crippen LogP contribution < -0.4 is 0 Å². The molecule has 0 N–H and O–H groups in total. The molecule has 0 aliphatic heterocycles. The largest absolute Gasteiger partial charge is 0.277 e. The van der Waals surface area contributed by atoms with Crippen molar-refractivity contribution < 1.29 is 0 Å². The average molecular weight is 572 g/mol. The van der Waals surface area contributed by atoms with Gasteiger partial charge in [-0.25, -0.2) is 9.97 Å². The van der Waals surface area contributed by atoms with E-state index in [1.807, 2.05) is 0 Å². The summed E-state index contributed by atoms with van der Waals surface area (Å²) < 4.78 is 2.29. The number of aromatic nitrogens is 3. The summed E-state index contributed by atoms with van der Waals surface area (Å²) >= 11 is 0. The predicted molar refractivity (Wildman–Crippen MR) is 189 cm³/mol. The summed E-state index contributed by atoms with van der Waals surface area (Å²) in [6.07, 6.45) is 0. The van der Waals surface area contributed by atoms with Crippen LogP contribution in [0.1, 0.15) is 0 Å². The first-order valence-corrected chi connectivity index (χ1v) is 15.3. The molecular formula is C42H25N3. The van der Waals surface area contributed by atoms with Gasteiger partial charge in [-0.2, -0.15) is 0 Å². The van der Waals surface area contributed by atoms with Gasteiger partial charge in [-0.3, -0.25) is 4.57 Å². The summed E-state index contributed by atoms with van der Waals surface area (Å²) in [6.45, 7) is 0. The lowest BCUT2D eigenvalue weighted by molar-refractivity contribution is 1.02. The summed E-state index contributed by atoms with van der Waals surface area (Å²) in [5.74, 6) is 0.674. The molecule has 8 aromatic carbocycles. The molecule has 2 heterocycles. The van der Waals surface area contributed by atoms with E-state index in [2.05, 4.69) is 156 Å². The van der Waals surface area contributed by atoms with Gasteiger partial charge in [0, 0.05) is 27.1 Å². The van der Waals surface area contributed by atoms with Gasteiger partial charge in [0.1, 0.15) is 0 Å². The first-order chi connectivity index (χ1) is 22.3. The van der Waals surface area contributed by atoms with Crippen LogP contribution >= 0.6 is 0 Å². The van der Waals surface area contributed by atoms with Gasteiger partial charge in [-0.05, 0) is 62.0 Å². The van der Waals surface area contributed by atoms with E-state index in [-0.39, 0.29) is 0 Å². The van der Waals surface area contributed by atoms with E-state index in [0.717, 1.165) is 33.2 Å². The Morgan fingerprint density at radius 2 is 1.00 bits per heavy atom. The molecule has 0 saturated carbocycles. The van der Waals surface area contributed by atoms with Crippen LogP contribution in [-0.2, 0) is 0 Å². The fourth-order valence-electron chi connectivity index (χ4n) is 7.29. The first-order valence-electron chi connectivity index (χ1n) is 15.3. The van der Waals surface area contributed by atoms with Gasteiger partial charge < -0.3 is 0 Å². The Labute approximate surface area is 258 Å². The van der Waals surface area contributed by atoms with E-state index in [0.29, 0.717) is 5.95 Å². The Balaban J connectivity index is 1.39. The molecule has 0 atom stereocenters. The van der Waals surface area contributed by atoms with Gasteiger partial charge in [0.25, 0.3) is 0 Å². The van der Waals surface area contributed by atoms with E-state index in [1.54, 1.807) is 0 Å². The molecule has 0 bridgehead atoms. The number of fused-ring (bicyclic) bond motifs is 10. The molecule has 0 unspecified atom stereocenters. The minimum Gasteiger partial charge on any atom is -0.277 e. The molecular weight excluding hydrogens is 546 g/mol. The second-order valence-electron chi connectivity index (χ2n) is 11.8. The zero-order valence-electron chi connectivity index (χ0n) is 24.3. The fraction of sp³-hybridized carbons (Fsp3) is 0. The number of rotatable bonds is 2. The van der Waals surface area contributed by atoms with Crippen LogP contribution in [0.25, 0.3) is 93.0 Å². The highest BCUT2D eigenvalue weighted by molar-refractivity contribution is 6.21. The molecule has 0 fully saturated rings. The second kappa shape index (κ2) is 9.22. The third-order valence-corrected chi connectivity index (χ3v) is 9.33. The Morgan fingerprint density at radius 3 is 1.82 bits per heavy atom.